The summed E-state index contributed by atoms with van der Waals surface area (Å²) in [6.07, 6.45) is 0.393. The van der Waals surface area contributed by atoms with E-state index < -0.39 is 22.7 Å². The molecule has 2 N–H and O–H groups in total. The van der Waals surface area contributed by atoms with Gasteiger partial charge < -0.3 is 10.4 Å². The standard InChI is InChI=1S/C12H14N2O5/c1-2-8(12(16)17)7-13-11(15)9-4-3-5-10(6-9)14(18)19/h3-6,8H,2,7H2,1H3,(H,13,15)(H,16,17). The molecule has 1 rings (SSSR count). The summed E-state index contributed by atoms with van der Waals surface area (Å²) in [6.45, 7) is 1.70. The number of benzene rings is 1. The number of carboxylic acids is 1. The van der Waals surface area contributed by atoms with Gasteiger partial charge in [-0.1, -0.05) is 13.0 Å². The highest BCUT2D eigenvalue weighted by atomic mass is 16.6. The Labute approximate surface area is 109 Å². The Kier molecular flexibility index (Phi) is 4.99. The van der Waals surface area contributed by atoms with Gasteiger partial charge in [0.05, 0.1) is 10.8 Å². The summed E-state index contributed by atoms with van der Waals surface area (Å²) >= 11 is 0. The second-order valence-electron chi connectivity index (χ2n) is 3.96. The van der Waals surface area contributed by atoms with E-state index in [1.54, 1.807) is 6.92 Å². The maximum absolute atomic E-state index is 11.7. The van der Waals surface area contributed by atoms with E-state index in [1.165, 1.54) is 18.2 Å². The Morgan fingerprint density at radius 3 is 2.68 bits per heavy atom. The maximum atomic E-state index is 11.7. The summed E-state index contributed by atoms with van der Waals surface area (Å²) in [5.41, 5.74) is -0.0487. The minimum absolute atomic E-state index is 0.00659. The smallest absolute Gasteiger partial charge is 0.308 e. The number of nitrogens with one attached hydrogen (secondary N) is 1. The first kappa shape index (κ1) is 14.6. The molecule has 1 unspecified atom stereocenters. The molecule has 0 saturated carbocycles. The van der Waals surface area contributed by atoms with Gasteiger partial charge in [-0.05, 0) is 12.5 Å². The second-order valence-corrected chi connectivity index (χ2v) is 3.96. The van der Waals surface area contributed by atoms with Crippen LogP contribution < -0.4 is 5.32 Å². The molecular formula is C12H14N2O5. The second kappa shape index (κ2) is 6.48. The van der Waals surface area contributed by atoms with Gasteiger partial charge in [0.15, 0.2) is 0 Å². The van der Waals surface area contributed by atoms with Crippen molar-refractivity contribution in [3.05, 3.63) is 39.9 Å². The van der Waals surface area contributed by atoms with Crippen LogP contribution in [0.25, 0.3) is 0 Å². The Morgan fingerprint density at radius 2 is 2.16 bits per heavy atom. The fourth-order valence-corrected chi connectivity index (χ4v) is 1.48. The summed E-state index contributed by atoms with van der Waals surface area (Å²) in [5, 5.41) is 21.9. The van der Waals surface area contributed by atoms with Gasteiger partial charge in [0, 0.05) is 24.2 Å². The average molecular weight is 266 g/mol. The molecule has 1 aromatic carbocycles. The Morgan fingerprint density at radius 1 is 1.47 bits per heavy atom. The molecule has 0 spiro atoms. The number of nitrogens with zero attached hydrogens (tertiary/aromatic N) is 1. The topological polar surface area (TPSA) is 110 Å². The number of aliphatic carboxylic acids is 1. The average Bonchev–Trinajstić information content (AvgIpc) is 2.38. The van der Waals surface area contributed by atoms with Crippen LogP contribution in [0.3, 0.4) is 0 Å². The lowest BCUT2D eigenvalue weighted by Crippen LogP contribution is -2.32. The fourth-order valence-electron chi connectivity index (χ4n) is 1.48. The molecule has 7 nitrogen and oxygen atoms in total. The van der Waals surface area contributed by atoms with Crippen LogP contribution in [-0.2, 0) is 4.79 Å². The van der Waals surface area contributed by atoms with Crippen molar-refractivity contribution < 1.29 is 19.6 Å². The van der Waals surface area contributed by atoms with Gasteiger partial charge >= 0.3 is 5.97 Å². The van der Waals surface area contributed by atoms with E-state index in [0.717, 1.165) is 6.07 Å². The summed E-state index contributed by atoms with van der Waals surface area (Å²) in [5.74, 6) is -2.17. The van der Waals surface area contributed by atoms with Gasteiger partial charge in [0.2, 0.25) is 0 Å². The number of hydrogen-bond donors (Lipinski definition) is 2. The van der Waals surface area contributed by atoms with Crippen LogP contribution in [0, 0.1) is 16.0 Å². The van der Waals surface area contributed by atoms with Crippen LogP contribution >= 0.6 is 0 Å². The molecule has 0 heterocycles. The highest BCUT2D eigenvalue weighted by molar-refractivity contribution is 5.95. The number of nitro benzene ring substituents is 1. The van der Waals surface area contributed by atoms with E-state index in [-0.39, 0.29) is 17.8 Å². The predicted molar refractivity (Wildman–Crippen MR) is 66.8 cm³/mol. The zero-order valence-corrected chi connectivity index (χ0v) is 10.3. The first-order valence-corrected chi connectivity index (χ1v) is 5.71. The summed E-state index contributed by atoms with van der Waals surface area (Å²) < 4.78 is 0. The molecule has 7 heteroatoms. The molecule has 0 saturated heterocycles. The van der Waals surface area contributed by atoms with E-state index in [2.05, 4.69) is 5.32 Å². The number of non-ortho nitro benzene ring substituents is 1. The molecule has 0 bridgehead atoms. The van der Waals surface area contributed by atoms with Crippen molar-refractivity contribution in [2.75, 3.05) is 6.54 Å². The Balaban J connectivity index is 2.70. The van der Waals surface area contributed by atoms with E-state index in [9.17, 15) is 19.7 Å². The molecule has 0 aliphatic rings. The minimum atomic E-state index is -0.984. The third kappa shape index (κ3) is 4.06. The van der Waals surface area contributed by atoms with Gasteiger partial charge in [-0.25, -0.2) is 0 Å². The van der Waals surface area contributed by atoms with Crippen LogP contribution in [0.5, 0.6) is 0 Å². The molecule has 0 aliphatic heterocycles. The quantitative estimate of drug-likeness (QED) is 0.598. The van der Waals surface area contributed by atoms with Gasteiger partial charge in [-0.15, -0.1) is 0 Å². The summed E-state index contributed by atoms with van der Waals surface area (Å²) in [7, 11) is 0. The maximum Gasteiger partial charge on any atom is 0.308 e. The highest BCUT2D eigenvalue weighted by Crippen LogP contribution is 2.13. The SMILES string of the molecule is CCC(CNC(=O)c1cccc([N+](=O)[O-])c1)C(=O)O. The van der Waals surface area contributed by atoms with E-state index in [0.29, 0.717) is 6.42 Å². The van der Waals surface area contributed by atoms with Crippen molar-refractivity contribution in [1.82, 2.24) is 5.32 Å². The molecule has 0 aliphatic carbocycles. The number of rotatable bonds is 6. The Hall–Kier alpha value is -2.44. The number of carbonyl (C=O) groups excluding carboxylic acids is 1. The number of carboxylic acid groups (broad SMARTS) is 1. The first-order chi connectivity index (χ1) is 8.95. The van der Waals surface area contributed by atoms with Gasteiger partial charge in [-0.3, -0.25) is 19.7 Å². The first-order valence-electron chi connectivity index (χ1n) is 5.71. The normalized spacial score (nSPS) is 11.6. The molecule has 0 fully saturated rings. The Bertz CT molecular complexity index is 501. The fraction of sp³-hybridized carbons (Fsp3) is 0.333. The lowest BCUT2D eigenvalue weighted by Gasteiger charge is -2.10. The molecule has 19 heavy (non-hydrogen) atoms. The van der Waals surface area contributed by atoms with Crippen LogP contribution in [0.2, 0.25) is 0 Å². The predicted octanol–water partition coefficient (Wildman–Crippen LogP) is 1.44. The molecule has 1 aromatic rings. The van der Waals surface area contributed by atoms with Crippen LogP contribution in [-0.4, -0.2) is 28.5 Å². The lowest BCUT2D eigenvalue weighted by atomic mass is 10.1. The van der Waals surface area contributed by atoms with Crippen molar-refractivity contribution in [3.8, 4) is 0 Å². The van der Waals surface area contributed by atoms with Crippen molar-refractivity contribution in [1.29, 1.82) is 0 Å². The van der Waals surface area contributed by atoms with Crippen molar-refractivity contribution in [2.24, 2.45) is 5.92 Å². The van der Waals surface area contributed by atoms with E-state index in [4.69, 9.17) is 5.11 Å². The van der Waals surface area contributed by atoms with Crippen molar-refractivity contribution in [3.63, 3.8) is 0 Å². The number of hydrogen-bond acceptors (Lipinski definition) is 4. The molecule has 1 amide bonds. The van der Waals surface area contributed by atoms with Gasteiger partial charge in [-0.2, -0.15) is 0 Å². The van der Waals surface area contributed by atoms with Crippen LogP contribution in [0.4, 0.5) is 5.69 Å². The third-order valence-electron chi connectivity index (χ3n) is 2.67. The summed E-state index contributed by atoms with van der Waals surface area (Å²) in [6, 6.07) is 5.27. The molecule has 0 radical (unpaired) electrons. The number of amides is 1. The van der Waals surface area contributed by atoms with E-state index >= 15 is 0 Å². The van der Waals surface area contributed by atoms with E-state index in [1.807, 2.05) is 0 Å². The zero-order chi connectivity index (χ0) is 14.4. The lowest BCUT2D eigenvalue weighted by molar-refractivity contribution is -0.384. The monoisotopic (exact) mass is 266 g/mol. The summed E-state index contributed by atoms with van der Waals surface area (Å²) in [4.78, 5) is 32.5. The van der Waals surface area contributed by atoms with Crippen LogP contribution in [0.1, 0.15) is 23.7 Å². The van der Waals surface area contributed by atoms with Crippen molar-refractivity contribution in [2.45, 2.75) is 13.3 Å². The number of nitro groups is 1. The molecule has 102 valence electrons. The van der Waals surface area contributed by atoms with Gasteiger partial charge in [0.1, 0.15) is 0 Å². The number of carbonyl (C=O) groups is 2. The third-order valence-corrected chi connectivity index (χ3v) is 2.67. The van der Waals surface area contributed by atoms with Crippen LogP contribution in [0.15, 0.2) is 24.3 Å². The largest absolute Gasteiger partial charge is 0.481 e. The van der Waals surface area contributed by atoms with Crippen molar-refractivity contribution >= 4 is 17.6 Å². The van der Waals surface area contributed by atoms with Gasteiger partial charge in [0.25, 0.3) is 11.6 Å². The molecular weight excluding hydrogens is 252 g/mol. The minimum Gasteiger partial charge on any atom is -0.481 e. The molecule has 1 atom stereocenters. The molecule has 0 aromatic heterocycles. The zero-order valence-electron chi connectivity index (χ0n) is 10.3. The highest BCUT2D eigenvalue weighted by Gasteiger charge is 2.17.